The van der Waals surface area contributed by atoms with Gasteiger partial charge in [0.25, 0.3) is 0 Å². The molecule has 0 bridgehead atoms. The second-order valence-electron chi connectivity index (χ2n) is 9.87. The van der Waals surface area contributed by atoms with E-state index in [9.17, 15) is 0 Å². The molecule has 5 aromatic rings. The Hall–Kier alpha value is -3.32. The molecule has 0 saturated heterocycles. The van der Waals surface area contributed by atoms with E-state index in [0.717, 1.165) is 12.8 Å². The second kappa shape index (κ2) is 11.4. The van der Waals surface area contributed by atoms with Gasteiger partial charge in [-0.15, -0.1) is 0 Å². The molecule has 0 spiro atoms. The number of aryl methyl sites for hydroxylation is 3. The average Bonchev–Trinajstić information content (AvgIpc) is 3.24. The summed E-state index contributed by atoms with van der Waals surface area (Å²) in [7, 11) is 0. The summed E-state index contributed by atoms with van der Waals surface area (Å²) in [5.41, 5.74) is 8.08. The van der Waals surface area contributed by atoms with Gasteiger partial charge in [0, 0.05) is 16.5 Å². The normalized spacial score (nSPS) is 11.5. The molecule has 1 heterocycles. The summed E-state index contributed by atoms with van der Waals surface area (Å²) < 4.78 is 2.43. The van der Waals surface area contributed by atoms with Crippen molar-refractivity contribution in [2.24, 2.45) is 0 Å². The summed E-state index contributed by atoms with van der Waals surface area (Å²) in [4.78, 5) is 0. The summed E-state index contributed by atoms with van der Waals surface area (Å²) in [6, 6.07) is 35.9. The molecule has 4 aromatic carbocycles. The molecule has 0 aliphatic carbocycles. The van der Waals surface area contributed by atoms with Crippen molar-refractivity contribution in [3.05, 3.63) is 114 Å². The molecule has 1 aromatic heterocycles. The summed E-state index contributed by atoms with van der Waals surface area (Å²) in [6.07, 6.45) is 11.4. The molecule has 0 radical (unpaired) electrons. The quantitative estimate of drug-likeness (QED) is 0.173. The van der Waals surface area contributed by atoms with Gasteiger partial charge in [-0.3, -0.25) is 0 Å². The lowest BCUT2D eigenvalue weighted by Gasteiger charge is -2.10. The number of nitrogens with zero attached hydrogens (tertiary/aromatic N) is 1. The highest BCUT2D eigenvalue weighted by Gasteiger charge is 2.12. The van der Waals surface area contributed by atoms with Gasteiger partial charge in [-0.05, 0) is 72.7 Å². The molecule has 5 rings (SSSR count). The predicted molar refractivity (Wildman–Crippen MR) is 152 cm³/mol. The number of hydrogen-bond donors (Lipinski definition) is 0. The number of hydrogen-bond acceptors (Lipinski definition) is 0. The van der Waals surface area contributed by atoms with Crippen molar-refractivity contribution in [2.75, 3.05) is 0 Å². The summed E-state index contributed by atoms with van der Waals surface area (Å²) >= 11 is 0. The number of para-hydroxylation sites is 1. The molecule has 0 saturated carbocycles. The van der Waals surface area contributed by atoms with Crippen LogP contribution in [0.1, 0.15) is 62.1 Å². The van der Waals surface area contributed by atoms with E-state index in [1.807, 2.05) is 0 Å². The summed E-state index contributed by atoms with van der Waals surface area (Å²) in [5.74, 6) is 0. The molecule has 0 aliphatic heterocycles. The van der Waals surface area contributed by atoms with E-state index in [-0.39, 0.29) is 0 Å². The lowest BCUT2D eigenvalue weighted by molar-refractivity contribution is 0.607. The summed E-state index contributed by atoms with van der Waals surface area (Å²) in [6.45, 7) is 2.28. The van der Waals surface area contributed by atoms with Crippen LogP contribution in [-0.4, -0.2) is 4.57 Å². The molecule has 0 atom stereocenters. The third-order valence-corrected chi connectivity index (χ3v) is 7.30. The highest BCUT2D eigenvalue weighted by atomic mass is 15.0. The van der Waals surface area contributed by atoms with Gasteiger partial charge >= 0.3 is 0 Å². The Balaban J connectivity index is 1.37. The van der Waals surface area contributed by atoms with E-state index in [2.05, 4.69) is 109 Å². The molecule has 0 N–H and O–H groups in total. The highest BCUT2D eigenvalue weighted by molar-refractivity contribution is 6.09. The SMILES string of the molecule is CCCCCCCCc1ccc2c(c1)c1ccccc1n2-c1ccc(CCc2ccccc2)cc1. The molecule has 0 aliphatic rings. The van der Waals surface area contributed by atoms with Gasteiger partial charge < -0.3 is 4.57 Å². The van der Waals surface area contributed by atoms with Crippen molar-refractivity contribution in [2.45, 2.75) is 64.7 Å². The Bertz CT molecular complexity index is 1360. The number of unbranched alkanes of at least 4 members (excludes halogenated alkanes) is 5. The van der Waals surface area contributed by atoms with E-state index in [1.54, 1.807) is 0 Å². The molecule has 0 unspecified atom stereocenters. The number of rotatable bonds is 11. The maximum atomic E-state index is 2.44. The maximum Gasteiger partial charge on any atom is 0.0541 e. The van der Waals surface area contributed by atoms with Crippen LogP contribution in [0.5, 0.6) is 0 Å². The van der Waals surface area contributed by atoms with Crippen molar-refractivity contribution in [3.8, 4) is 5.69 Å². The zero-order valence-corrected chi connectivity index (χ0v) is 21.0. The zero-order valence-electron chi connectivity index (χ0n) is 21.0. The van der Waals surface area contributed by atoms with Crippen molar-refractivity contribution >= 4 is 21.8 Å². The minimum absolute atomic E-state index is 1.07. The predicted octanol–water partition coefficient (Wildman–Crippen LogP) is 9.47. The van der Waals surface area contributed by atoms with Gasteiger partial charge in [0.15, 0.2) is 0 Å². The smallest absolute Gasteiger partial charge is 0.0541 e. The molecule has 0 fully saturated rings. The Morgan fingerprint density at radius 1 is 0.486 bits per heavy atom. The molecular formula is C34H37N. The van der Waals surface area contributed by atoms with Crippen molar-refractivity contribution < 1.29 is 0 Å². The zero-order chi connectivity index (χ0) is 23.9. The first-order valence-corrected chi connectivity index (χ1v) is 13.5. The van der Waals surface area contributed by atoms with Gasteiger partial charge in [-0.25, -0.2) is 0 Å². The van der Waals surface area contributed by atoms with Gasteiger partial charge in [0.2, 0.25) is 0 Å². The van der Waals surface area contributed by atoms with E-state index in [0.29, 0.717) is 0 Å². The van der Waals surface area contributed by atoms with Gasteiger partial charge in [0.1, 0.15) is 0 Å². The second-order valence-corrected chi connectivity index (χ2v) is 9.87. The van der Waals surface area contributed by atoms with Crippen LogP contribution in [0.4, 0.5) is 0 Å². The lowest BCUT2D eigenvalue weighted by atomic mass is 10.0. The van der Waals surface area contributed by atoms with Crippen molar-refractivity contribution in [1.82, 2.24) is 4.57 Å². The molecular weight excluding hydrogens is 422 g/mol. The van der Waals surface area contributed by atoms with E-state index >= 15 is 0 Å². The number of fused-ring (bicyclic) bond motifs is 3. The molecule has 1 heteroatoms. The number of benzene rings is 4. The van der Waals surface area contributed by atoms with Gasteiger partial charge in [0.05, 0.1) is 11.0 Å². The molecule has 178 valence electrons. The number of aromatic nitrogens is 1. The van der Waals surface area contributed by atoms with Gasteiger partial charge in [-0.1, -0.05) is 106 Å². The fourth-order valence-corrected chi connectivity index (χ4v) is 5.31. The Labute approximate surface area is 210 Å². The lowest BCUT2D eigenvalue weighted by Crippen LogP contribution is -1.96. The first kappa shape index (κ1) is 23.4. The van der Waals surface area contributed by atoms with Crippen LogP contribution in [0.2, 0.25) is 0 Å². The Morgan fingerprint density at radius 3 is 1.91 bits per heavy atom. The first-order chi connectivity index (χ1) is 17.3. The van der Waals surface area contributed by atoms with Crippen LogP contribution in [0.25, 0.3) is 27.5 Å². The third-order valence-electron chi connectivity index (χ3n) is 7.30. The molecule has 1 nitrogen and oxygen atoms in total. The Morgan fingerprint density at radius 2 is 1.11 bits per heavy atom. The third kappa shape index (κ3) is 5.51. The van der Waals surface area contributed by atoms with Crippen LogP contribution in [-0.2, 0) is 19.3 Å². The van der Waals surface area contributed by atoms with Crippen LogP contribution in [0.3, 0.4) is 0 Å². The monoisotopic (exact) mass is 459 g/mol. The average molecular weight is 460 g/mol. The standard InChI is InChI=1S/C34H37N/c1-2-3-4-5-6-8-15-29-22-25-34-32(26-29)31-16-11-12-17-33(31)35(34)30-23-20-28(21-24-30)19-18-27-13-9-7-10-14-27/h7,9-14,16-17,20-26H,2-6,8,15,18-19H2,1H3. The topological polar surface area (TPSA) is 4.93 Å². The fourth-order valence-electron chi connectivity index (χ4n) is 5.31. The van der Waals surface area contributed by atoms with E-state index in [1.165, 1.54) is 89.1 Å². The van der Waals surface area contributed by atoms with Crippen molar-refractivity contribution in [1.29, 1.82) is 0 Å². The first-order valence-electron chi connectivity index (χ1n) is 13.5. The van der Waals surface area contributed by atoms with Crippen LogP contribution in [0, 0.1) is 0 Å². The minimum atomic E-state index is 1.07. The van der Waals surface area contributed by atoms with Crippen LogP contribution < -0.4 is 0 Å². The minimum Gasteiger partial charge on any atom is -0.309 e. The fraction of sp³-hybridized carbons (Fsp3) is 0.294. The van der Waals surface area contributed by atoms with Crippen molar-refractivity contribution in [3.63, 3.8) is 0 Å². The largest absolute Gasteiger partial charge is 0.309 e. The van der Waals surface area contributed by atoms with Gasteiger partial charge in [-0.2, -0.15) is 0 Å². The van der Waals surface area contributed by atoms with E-state index in [4.69, 9.17) is 0 Å². The maximum absolute atomic E-state index is 2.44. The van der Waals surface area contributed by atoms with Crippen LogP contribution in [0.15, 0.2) is 97.1 Å². The molecule has 35 heavy (non-hydrogen) atoms. The Kier molecular flexibility index (Phi) is 7.63. The van der Waals surface area contributed by atoms with Crippen LogP contribution >= 0.6 is 0 Å². The van der Waals surface area contributed by atoms with E-state index < -0.39 is 0 Å². The highest BCUT2D eigenvalue weighted by Crippen LogP contribution is 2.33. The molecule has 0 amide bonds. The summed E-state index contributed by atoms with van der Waals surface area (Å²) in [5, 5.41) is 2.72.